The van der Waals surface area contributed by atoms with Crippen molar-refractivity contribution in [3.05, 3.63) is 18.3 Å². The summed E-state index contributed by atoms with van der Waals surface area (Å²) in [6.45, 7) is 2.16. The van der Waals surface area contributed by atoms with Crippen molar-refractivity contribution in [3.8, 4) is 0 Å². The number of nitrogens with one attached hydrogen (secondary N) is 1. The maximum absolute atomic E-state index is 11.6. The average molecular weight is 282 g/mol. The predicted molar refractivity (Wildman–Crippen MR) is 78.9 cm³/mol. The molecule has 1 fully saturated rings. The molecular weight excluding hydrogens is 262 g/mol. The Labute approximate surface area is 119 Å². The summed E-state index contributed by atoms with van der Waals surface area (Å²) in [6, 6.07) is 3.89. The lowest BCUT2D eigenvalue weighted by Gasteiger charge is -2.27. The molecule has 0 bridgehead atoms. The third-order valence-corrected chi connectivity index (χ3v) is 3.52. The van der Waals surface area contributed by atoms with Gasteiger partial charge in [0.15, 0.2) is 0 Å². The monoisotopic (exact) mass is 281 g/mol. The Morgan fingerprint density at radius 1 is 1.32 bits per heavy atom. The van der Waals surface area contributed by atoms with Crippen molar-refractivity contribution in [1.29, 1.82) is 0 Å². The highest BCUT2D eigenvalue weighted by Crippen LogP contribution is 2.19. The van der Waals surface area contributed by atoms with Gasteiger partial charge in [-0.05, 0) is 37.8 Å². The molecule has 1 aromatic rings. The normalized spacial score (nSPS) is 15.3. The lowest BCUT2D eigenvalue weighted by molar-refractivity contribution is -0.116. The fourth-order valence-electron chi connectivity index (χ4n) is 2.22. The van der Waals surface area contributed by atoms with Crippen LogP contribution in [0.1, 0.15) is 32.1 Å². The van der Waals surface area contributed by atoms with Gasteiger partial charge in [0.05, 0.1) is 11.9 Å². The van der Waals surface area contributed by atoms with E-state index in [9.17, 15) is 4.79 Å². The van der Waals surface area contributed by atoms with E-state index in [4.69, 9.17) is 11.6 Å². The zero-order valence-electron chi connectivity index (χ0n) is 11.1. The summed E-state index contributed by atoms with van der Waals surface area (Å²) >= 11 is 5.56. The number of halogens is 1. The van der Waals surface area contributed by atoms with Crippen LogP contribution in [-0.2, 0) is 4.79 Å². The van der Waals surface area contributed by atoms with Crippen molar-refractivity contribution in [2.24, 2.45) is 0 Å². The molecule has 1 aromatic heterocycles. The van der Waals surface area contributed by atoms with Crippen LogP contribution in [-0.4, -0.2) is 29.9 Å². The van der Waals surface area contributed by atoms with Crippen LogP contribution in [0, 0.1) is 0 Å². The van der Waals surface area contributed by atoms with E-state index in [1.165, 1.54) is 19.3 Å². The Balaban J connectivity index is 1.88. The fourth-order valence-corrected chi connectivity index (χ4v) is 2.35. The third-order valence-electron chi connectivity index (χ3n) is 3.25. The highest BCUT2D eigenvalue weighted by atomic mass is 35.5. The largest absolute Gasteiger partial charge is 0.357 e. The summed E-state index contributed by atoms with van der Waals surface area (Å²) in [5.74, 6) is 1.51. The lowest BCUT2D eigenvalue weighted by Crippen LogP contribution is -2.30. The van der Waals surface area contributed by atoms with E-state index in [1.807, 2.05) is 12.1 Å². The number of carbonyl (C=O) groups is 1. The van der Waals surface area contributed by atoms with Crippen molar-refractivity contribution < 1.29 is 4.79 Å². The Hall–Kier alpha value is -1.29. The topological polar surface area (TPSA) is 45.2 Å². The summed E-state index contributed by atoms with van der Waals surface area (Å²) in [5, 5.41) is 2.83. The van der Waals surface area contributed by atoms with E-state index in [-0.39, 0.29) is 5.91 Å². The Morgan fingerprint density at radius 3 is 2.74 bits per heavy atom. The molecule has 0 aliphatic carbocycles. The highest BCUT2D eigenvalue weighted by Gasteiger charge is 2.11. The Morgan fingerprint density at radius 2 is 2.11 bits per heavy atom. The molecule has 0 saturated carbocycles. The van der Waals surface area contributed by atoms with Gasteiger partial charge < -0.3 is 10.2 Å². The fraction of sp³-hybridized carbons (Fsp3) is 0.571. The molecule has 1 aliphatic heterocycles. The van der Waals surface area contributed by atoms with E-state index in [1.54, 1.807) is 6.20 Å². The first-order chi connectivity index (χ1) is 9.29. The zero-order valence-corrected chi connectivity index (χ0v) is 11.8. The van der Waals surface area contributed by atoms with Crippen LogP contribution in [0.5, 0.6) is 0 Å². The van der Waals surface area contributed by atoms with Gasteiger partial charge in [0, 0.05) is 25.4 Å². The molecule has 19 heavy (non-hydrogen) atoms. The molecule has 5 heteroatoms. The molecule has 0 aromatic carbocycles. The van der Waals surface area contributed by atoms with Gasteiger partial charge in [-0.15, -0.1) is 11.6 Å². The van der Waals surface area contributed by atoms with Gasteiger partial charge in [-0.25, -0.2) is 4.98 Å². The lowest BCUT2D eigenvalue weighted by atomic mass is 10.1. The first kappa shape index (κ1) is 14.1. The molecule has 1 saturated heterocycles. The van der Waals surface area contributed by atoms with Crippen LogP contribution in [0.2, 0.25) is 0 Å². The number of hydrogen-bond donors (Lipinski definition) is 1. The number of nitrogens with zero attached hydrogens (tertiary/aromatic N) is 2. The number of aromatic nitrogens is 1. The molecule has 104 valence electrons. The number of alkyl halides is 1. The zero-order chi connectivity index (χ0) is 13.5. The summed E-state index contributed by atoms with van der Waals surface area (Å²) < 4.78 is 0. The molecule has 2 heterocycles. The summed E-state index contributed by atoms with van der Waals surface area (Å²) in [4.78, 5) is 18.3. The standard InChI is InChI=1S/C14H20ClN3O/c15-8-4-5-14(19)17-12-6-7-13(16-11-12)18-9-2-1-3-10-18/h6-7,11H,1-5,8-10H2,(H,17,19). The molecule has 1 N–H and O–H groups in total. The summed E-state index contributed by atoms with van der Waals surface area (Å²) in [6.07, 6.45) is 6.66. The Kier molecular flexibility index (Phi) is 5.45. The van der Waals surface area contributed by atoms with Crippen molar-refractivity contribution >= 4 is 29.0 Å². The third kappa shape index (κ3) is 4.39. The van der Waals surface area contributed by atoms with E-state index in [0.29, 0.717) is 18.7 Å². The second kappa shape index (κ2) is 7.34. The van der Waals surface area contributed by atoms with Gasteiger partial charge in [-0.1, -0.05) is 0 Å². The van der Waals surface area contributed by atoms with Crippen LogP contribution < -0.4 is 10.2 Å². The second-order valence-electron chi connectivity index (χ2n) is 4.79. The predicted octanol–water partition coefficient (Wildman–Crippen LogP) is 3.03. The molecule has 1 amide bonds. The van der Waals surface area contributed by atoms with Crippen molar-refractivity contribution in [2.75, 3.05) is 29.2 Å². The minimum atomic E-state index is -0.00632. The SMILES string of the molecule is O=C(CCCCl)Nc1ccc(N2CCCCC2)nc1. The van der Waals surface area contributed by atoms with Gasteiger partial charge in [0.2, 0.25) is 5.91 Å². The number of anilines is 2. The van der Waals surface area contributed by atoms with Crippen molar-refractivity contribution in [2.45, 2.75) is 32.1 Å². The molecule has 0 atom stereocenters. The van der Waals surface area contributed by atoms with E-state index in [0.717, 1.165) is 24.6 Å². The van der Waals surface area contributed by atoms with Crippen LogP contribution >= 0.6 is 11.6 Å². The van der Waals surface area contributed by atoms with Crippen LogP contribution in [0.3, 0.4) is 0 Å². The van der Waals surface area contributed by atoms with Gasteiger partial charge in [-0.2, -0.15) is 0 Å². The summed E-state index contributed by atoms with van der Waals surface area (Å²) in [5.41, 5.74) is 0.750. The maximum Gasteiger partial charge on any atom is 0.224 e. The molecule has 1 aliphatic rings. The minimum absolute atomic E-state index is 0.00632. The molecule has 4 nitrogen and oxygen atoms in total. The van der Waals surface area contributed by atoms with E-state index >= 15 is 0 Å². The second-order valence-corrected chi connectivity index (χ2v) is 5.17. The quantitative estimate of drug-likeness (QED) is 0.844. The highest BCUT2D eigenvalue weighted by molar-refractivity contribution is 6.18. The average Bonchev–Trinajstić information content (AvgIpc) is 2.47. The molecule has 0 radical (unpaired) electrons. The maximum atomic E-state index is 11.6. The molecule has 2 rings (SSSR count). The van der Waals surface area contributed by atoms with E-state index < -0.39 is 0 Å². The number of rotatable bonds is 5. The van der Waals surface area contributed by atoms with Gasteiger partial charge >= 0.3 is 0 Å². The summed E-state index contributed by atoms with van der Waals surface area (Å²) in [7, 11) is 0. The molecule has 0 spiro atoms. The van der Waals surface area contributed by atoms with Crippen LogP contribution in [0.15, 0.2) is 18.3 Å². The Bertz CT molecular complexity index is 402. The van der Waals surface area contributed by atoms with Crippen molar-refractivity contribution in [3.63, 3.8) is 0 Å². The number of amides is 1. The number of carbonyl (C=O) groups excluding carboxylic acids is 1. The van der Waals surface area contributed by atoms with E-state index in [2.05, 4.69) is 15.2 Å². The first-order valence-electron chi connectivity index (χ1n) is 6.86. The van der Waals surface area contributed by atoms with Crippen LogP contribution in [0.4, 0.5) is 11.5 Å². The number of piperidine rings is 1. The van der Waals surface area contributed by atoms with Gasteiger partial charge in [0.25, 0.3) is 0 Å². The molecular formula is C14H20ClN3O. The number of pyridine rings is 1. The first-order valence-corrected chi connectivity index (χ1v) is 7.40. The van der Waals surface area contributed by atoms with Crippen molar-refractivity contribution in [1.82, 2.24) is 4.98 Å². The van der Waals surface area contributed by atoms with Gasteiger partial charge in [-0.3, -0.25) is 4.79 Å². The minimum Gasteiger partial charge on any atom is -0.357 e. The molecule has 0 unspecified atom stereocenters. The number of hydrogen-bond acceptors (Lipinski definition) is 3. The van der Waals surface area contributed by atoms with Gasteiger partial charge in [0.1, 0.15) is 5.82 Å². The smallest absolute Gasteiger partial charge is 0.224 e. The van der Waals surface area contributed by atoms with Crippen LogP contribution in [0.25, 0.3) is 0 Å².